The number of nitrogens with zero attached hydrogens (tertiary/aromatic N) is 1. The summed E-state index contributed by atoms with van der Waals surface area (Å²) in [5.41, 5.74) is 1.01. The fourth-order valence-electron chi connectivity index (χ4n) is 1.34. The summed E-state index contributed by atoms with van der Waals surface area (Å²) in [5, 5.41) is 8.77. The van der Waals surface area contributed by atoms with Crippen LogP contribution in [0, 0.1) is 6.92 Å². The number of imidazole rings is 1. The van der Waals surface area contributed by atoms with E-state index in [1.54, 1.807) is 6.92 Å². The van der Waals surface area contributed by atoms with Crippen molar-refractivity contribution in [3.05, 3.63) is 17.2 Å². The number of carboxylic acid groups (broad SMARTS) is 1. The fraction of sp³-hybridized carbons (Fsp3) is 0.500. The van der Waals surface area contributed by atoms with Crippen molar-refractivity contribution >= 4 is 5.97 Å². The van der Waals surface area contributed by atoms with Crippen molar-refractivity contribution < 1.29 is 9.90 Å². The highest BCUT2D eigenvalue weighted by Crippen LogP contribution is 2.40. The summed E-state index contributed by atoms with van der Waals surface area (Å²) in [6, 6.07) is 0. The van der Waals surface area contributed by atoms with Gasteiger partial charge < -0.3 is 10.1 Å². The molecule has 0 unspecified atom stereocenters. The summed E-state index contributed by atoms with van der Waals surface area (Å²) in [7, 11) is 0. The largest absolute Gasteiger partial charge is 0.476 e. The maximum atomic E-state index is 10.7. The standard InChI is InChI=1S/C8H10N2O2/c1-4-9-6(5-2-3-5)7(10-4)8(11)12/h5H,2-3H2,1H3,(H,9,10)(H,11,12). The summed E-state index contributed by atoms with van der Waals surface area (Å²) < 4.78 is 0. The zero-order chi connectivity index (χ0) is 8.72. The monoisotopic (exact) mass is 166 g/mol. The highest BCUT2D eigenvalue weighted by molar-refractivity contribution is 5.87. The van der Waals surface area contributed by atoms with E-state index >= 15 is 0 Å². The highest BCUT2D eigenvalue weighted by atomic mass is 16.4. The average Bonchev–Trinajstić information content (AvgIpc) is 2.75. The Morgan fingerprint density at radius 1 is 1.67 bits per heavy atom. The molecule has 4 nitrogen and oxygen atoms in total. The van der Waals surface area contributed by atoms with Crippen LogP contribution < -0.4 is 0 Å². The Kier molecular flexibility index (Phi) is 1.43. The first-order valence-electron chi connectivity index (χ1n) is 3.98. The highest BCUT2D eigenvalue weighted by Gasteiger charge is 2.30. The normalized spacial score (nSPS) is 16.4. The van der Waals surface area contributed by atoms with E-state index in [0.29, 0.717) is 11.7 Å². The van der Waals surface area contributed by atoms with Gasteiger partial charge in [-0.15, -0.1) is 0 Å². The molecule has 2 rings (SSSR count). The molecular weight excluding hydrogens is 156 g/mol. The first kappa shape index (κ1) is 7.34. The van der Waals surface area contributed by atoms with E-state index in [2.05, 4.69) is 9.97 Å². The molecule has 0 spiro atoms. The number of aromatic nitrogens is 2. The summed E-state index contributed by atoms with van der Waals surface area (Å²) in [5.74, 6) is 0.174. The number of nitrogens with one attached hydrogen (secondary N) is 1. The molecule has 0 saturated heterocycles. The average molecular weight is 166 g/mol. The van der Waals surface area contributed by atoms with Crippen LogP contribution in [-0.4, -0.2) is 21.0 Å². The van der Waals surface area contributed by atoms with E-state index in [1.165, 1.54) is 0 Å². The molecule has 4 heteroatoms. The van der Waals surface area contributed by atoms with Gasteiger partial charge in [0.15, 0.2) is 5.69 Å². The molecule has 2 N–H and O–H groups in total. The Morgan fingerprint density at radius 2 is 2.33 bits per heavy atom. The molecule has 1 aromatic rings. The number of carboxylic acids is 1. The third-order valence-corrected chi connectivity index (χ3v) is 2.04. The molecule has 0 bridgehead atoms. The summed E-state index contributed by atoms with van der Waals surface area (Å²) in [6.45, 7) is 1.78. The van der Waals surface area contributed by atoms with Crippen LogP contribution in [0.15, 0.2) is 0 Å². The van der Waals surface area contributed by atoms with Gasteiger partial charge in [0, 0.05) is 5.92 Å². The maximum Gasteiger partial charge on any atom is 0.356 e. The number of aromatic carboxylic acids is 1. The Bertz CT molecular complexity index is 326. The first-order chi connectivity index (χ1) is 5.68. The molecule has 0 radical (unpaired) electrons. The van der Waals surface area contributed by atoms with Gasteiger partial charge in [-0.05, 0) is 19.8 Å². The van der Waals surface area contributed by atoms with Gasteiger partial charge in [0.2, 0.25) is 0 Å². The Hall–Kier alpha value is -1.32. The van der Waals surface area contributed by atoms with Gasteiger partial charge >= 0.3 is 5.97 Å². The first-order valence-corrected chi connectivity index (χ1v) is 3.98. The minimum absolute atomic E-state index is 0.204. The number of aromatic amines is 1. The number of H-pyrrole nitrogens is 1. The second kappa shape index (κ2) is 2.33. The van der Waals surface area contributed by atoms with Crippen LogP contribution in [0.5, 0.6) is 0 Å². The summed E-state index contributed by atoms with van der Waals surface area (Å²) >= 11 is 0. The minimum Gasteiger partial charge on any atom is -0.476 e. The second-order valence-corrected chi connectivity index (χ2v) is 3.16. The summed E-state index contributed by atoms with van der Waals surface area (Å²) in [6.07, 6.45) is 2.17. The van der Waals surface area contributed by atoms with Crippen molar-refractivity contribution in [2.45, 2.75) is 25.7 Å². The molecule has 1 fully saturated rings. The van der Waals surface area contributed by atoms with E-state index in [9.17, 15) is 4.79 Å². The number of hydrogen-bond acceptors (Lipinski definition) is 2. The molecule has 1 saturated carbocycles. The maximum absolute atomic E-state index is 10.7. The van der Waals surface area contributed by atoms with Crippen LogP contribution in [0.1, 0.15) is 40.8 Å². The van der Waals surface area contributed by atoms with Gasteiger partial charge in [-0.25, -0.2) is 9.78 Å². The minimum atomic E-state index is -0.929. The van der Waals surface area contributed by atoms with Crippen LogP contribution in [0.3, 0.4) is 0 Å². The lowest BCUT2D eigenvalue weighted by Crippen LogP contribution is -2.00. The third kappa shape index (κ3) is 1.09. The topological polar surface area (TPSA) is 66.0 Å². The van der Waals surface area contributed by atoms with Crippen molar-refractivity contribution in [2.75, 3.05) is 0 Å². The number of hydrogen-bond donors (Lipinski definition) is 2. The van der Waals surface area contributed by atoms with E-state index in [4.69, 9.17) is 5.11 Å². The molecule has 0 amide bonds. The Labute approximate surface area is 69.6 Å². The van der Waals surface area contributed by atoms with Crippen LogP contribution in [0.25, 0.3) is 0 Å². The molecular formula is C8H10N2O2. The Balaban J connectivity index is 2.43. The van der Waals surface area contributed by atoms with Gasteiger partial charge in [-0.1, -0.05) is 0 Å². The van der Waals surface area contributed by atoms with E-state index in [-0.39, 0.29) is 5.69 Å². The van der Waals surface area contributed by atoms with Gasteiger partial charge in [0.25, 0.3) is 0 Å². The summed E-state index contributed by atoms with van der Waals surface area (Å²) in [4.78, 5) is 17.6. The van der Waals surface area contributed by atoms with Crippen molar-refractivity contribution in [1.29, 1.82) is 0 Å². The second-order valence-electron chi connectivity index (χ2n) is 3.16. The van der Waals surface area contributed by atoms with Crippen LogP contribution in [-0.2, 0) is 0 Å². The van der Waals surface area contributed by atoms with Crippen molar-refractivity contribution in [3.8, 4) is 0 Å². The van der Waals surface area contributed by atoms with Gasteiger partial charge in [-0.2, -0.15) is 0 Å². The number of aryl methyl sites for hydroxylation is 1. The predicted molar refractivity (Wildman–Crippen MR) is 42.3 cm³/mol. The molecule has 1 heterocycles. The van der Waals surface area contributed by atoms with Gasteiger partial charge in [0.1, 0.15) is 5.82 Å². The smallest absolute Gasteiger partial charge is 0.356 e. The molecule has 0 aromatic carbocycles. The zero-order valence-corrected chi connectivity index (χ0v) is 6.79. The SMILES string of the molecule is Cc1nc(C(=O)O)c(C2CC2)[nH]1. The van der Waals surface area contributed by atoms with Crippen LogP contribution in [0.2, 0.25) is 0 Å². The number of carbonyl (C=O) groups is 1. The molecule has 1 aliphatic carbocycles. The van der Waals surface area contributed by atoms with Crippen molar-refractivity contribution in [1.82, 2.24) is 9.97 Å². The zero-order valence-electron chi connectivity index (χ0n) is 6.79. The van der Waals surface area contributed by atoms with Crippen molar-refractivity contribution in [3.63, 3.8) is 0 Å². The van der Waals surface area contributed by atoms with Gasteiger partial charge in [0.05, 0.1) is 5.69 Å². The lowest BCUT2D eigenvalue weighted by molar-refractivity contribution is 0.0689. The van der Waals surface area contributed by atoms with E-state index in [1.807, 2.05) is 0 Å². The van der Waals surface area contributed by atoms with Crippen molar-refractivity contribution in [2.24, 2.45) is 0 Å². The lowest BCUT2D eigenvalue weighted by Gasteiger charge is -1.92. The number of rotatable bonds is 2. The van der Waals surface area contributed by atoms with Crippen LogP contribution >= 0.6 is 0 Å². The van der Waals surface area contributed by atoms with Gasteiger partial charge in [-0.3, -0.25) is 0 Å². The molecule has 12 heavy (non-hydrogen) atoms. The lowest BCUT2D eigenvalue weighted by atomic mass is 10.2. The predicted octanol–water partition coefficient (Wildman–Crippen LogP) is 1.29. The van der Waals surface area contributed by atoms with E-state index < -0.39 is 5.97 Å². The molecule has 1 aliphatic rings. The quantitative estimate of drug-likeness (QED) is 0.695. The molecule has 64 valence electrons. The third-order valence-electron chi connectivity index (χ3n) is 2.04. The molecule has 0 atom stereocenters. The Morgan fingerprint density at radius 3 is 2.83 bits per heavy atom. The van der Waals surface area contributed by atoms with Crippen LogP contribution in [0.4, 0.5) is 0 Å². The fourth-order valence-corrected chi connectivity index (χ4v) is 1.34. The molecule has 1 aromatic heterocycles. The molecule has 0 aliphatic heterocycles. The van der Waals surface area contributed by atoms with E-state index in [0.717, 1.165) is 18.5 Å².